The molecule has 1 amide bonds. The second-order valence-corrected chi connectivity index (χ2v) is 8.59. The zero-order chi connectivity index (χ0) is 22.5. The van der Waals surface area contributed by atoms with Crippen LogP contribution in [0.4, 0.5) is 5.82 Å². The third kappa shape index (κ3) is 3.20. The van der Waals surface area contributed by atoms with Gasteiger partial charge in [-0.1, -0.05) is 48.5 Å². The average molecular weight is 435 g/mol. The predicted molar refractivity (Wildman–Crippen MR) is 128 cm³/mol. The summed E-state index contributed by atoms with van der Waals surface area (Å²) in [5, 5.41) is 1.05. The summed E-state index contributed by atoms with van der Waals surface area (Å²) in [6.07, 6.45) is 4.96. The van der Waals surface area contributed by atoms with E-state index in [9.17, 15) is 4.79 Å². The first-order valence-electron chi connectivity index (χ1n) is 11.0. The molecule has 1 aliphatic rings. The maximum Gasteiger partial charge on any atom is 0.220 e. The molecule has 0 bridgehead atoms. The number of benzene rings is 2. The Morgan fingerprint density at radius 2 is 1.76 bits per heavy atom. The van der Waals surface area contributed by atoms with E-state index in [1.807, 2.05) is 47.0 Å². The van der Waals surface area contributed by atoms with Crippen molar-refractivity contribution >= 4 is 28.1 Å². The van der Waals surface area contributed by atoms with Crippen LogP contribution in [0, 0.1) is 5.92 Å². The number of aromatic nitrogens is 4. The van der Waals surface area contributed by atoms with Crippen LogP contribution in [0.3, 0.4) is 0 Å². The average Bonchev–Trinajstić information content (AvgIpc) is 3.18. The molecule has 0 atom stereocenters. The highest BCUT2D eigenvalue weighted by atomic mass is 16.1. The van der Waals surface area contributed by atoms with E-state index in [0.717, 1.165) is 44.8 Å². The summed E-state index contributed by atoms with van der Waals surface area (Å²) in [4.78, 5) is 25.7. The fraction of sp³-hybridized carbons (Fsp3) is 0.154. The Kier molecular flexibility index (Phi) is 4.36. The quantitative estimate of drug-likeness (QED) is 0.441. The molecule has 6 rings (SSSR count). The van der Waals surface area contributed by atoms with E-state index in [4.69, 9.17) is 21.4 Å². The van der Waals surface area contributed by atoms with Crippen LogP contribution < -0.4 is 11.5 Å². The Balaban J connectivity index is 1.47. The third-order valence-electron chi connectivity index (χ3n) is 6.55. The van der Waals surface area contributed by atoms with Gasteiger partial charge in [-0.05, 0) is 25.0 Å². The summed E-state index contributed by atoms with van der Waals surface area (Å²) in [6.45, 7) is 0. The summed E-state index contributed by atoms with van der Waals surface area (Å²) in [5.74, 6) is 1.13. The fourth-order valence-corrected chi connectivity index (χ4v) is 4.67. The molecule has 3 heterocycles. The van der Waals surface area contributed by atoms with Gasteiger partial charge in [0.1, 0.15) is 22.9 Å². The first-order valence-corrected chi connectivity index (χ1v) is 11.0. The summed E-state index contributed by atoms with van der Waals surface area (Å²) in [5.41, 5.74) is 17.1. The molecule has 1 aliphatic carbocycles. The number of hydrogen-bond donors (Lipinski definition) is 2. The van der Waals surface area contributed by atoms with Crippen LogP contribution >= 0.6 is 0 Å². The first-order chi connectivity index (χ1) is 16.1. The predicted octanol–water partition coefficient (Wildman–Crippen LogP) is 4.17. The van der Waals surface area contributed by atoms with Crippen molar-refractivity contribution in [3.8, 4) is 22.5 Å². The van der Waals surface area contributed by atoms with E-state index in [0.29, 0.717) is 18.7 Å². The zero-order valence-corrected chi connectivity index (χ0v) is 17.8. The molecule has 4 N–H and O–H groups in total. The molecule has 0 unspecified atom stereocenters. The number of hydrogen-bond acceptors (Lipinski definition) is 5. The van der Waals surface area contributed by atoms with Crippen molar-refractivity contribution in [2.45, 2.75) is 18.8 Å². The summed E-state index contributed by atoms with van der Waals surface area (Å²) in [7, 11) is 0. The minimum atomic E-state index is -0.247. The van der Waals surface area contributed by atoms with Crippen LogP contribution in [0.2, 0.25) is 0 Å². The van der Waals surface area contributed by atoms with Crippen molar-refractivity contribution in [2.24, 2.45) is 11.7 Å². The van der Waals surface area contributed by atoms with Crippen LogP contribution in [0.1, 0.15) is 24.6 Å². The van der Waals surface area contributed by atoms with Crippen molar-refractivity contribution in [2.75, 3.05) is 5.73 Å². The van der Waals surface area contributed by atoms with Gasteiger partial charge in [0.15, 0.2) is 0 Å². The lowest BCUT2D eigenvalue weighted by Crippen LogP contribution is -2.34. The molecule has 0 spiro atoms. The largest absolute Gasteiger partial charge is 0.382 e. The molecular weight excluding hydrogens is 412 g/mol. The van der Waals surface area contributed by atoms with Crippen molar-refractivity contribution in [3.63, 3.8) is 0 Å². The number of nitrogen functional groups attached to an aromatic ring is 1. The van der Waals surface area contributed by atoms with E-state index in [1.54, 1.807) is 6.20 Å². The van der Waals surface area contributed by atoms with Crippen molar-refractivity contribution in [3.05, 3.63) is 78.9 Å². The molecule has 0 radical (unpaired) electrons. The Morgan fingerprint density at radius 1 is 0.970 bits per heavy atom. The molecule has 0 saturated heterocycles. The highest BCUT2D eigenvalue weighted by Crippen LogP contribution is 2.43. The molecular formula is C26H22N6O. The third-order valence-corrected chi connectivity index (χ3v) is 6.55. The molecule has 5 aromatic rings. The normalized spacial score (nSPS) is 17.8. The molecule has 2 aromatic carbocycles. The minimum absolute atomic E-state index is 0.0914. The summed E-state index contributed by atoms with van der Waals surface area (Å²) >= 11 is 0. The number of imidazole rings is 1. The number of primary amides is 1. The van der Waals surface area contributed by atoms with Crippen LogP contribution in [-0.2, 0) is 4.79 Å². The van der Waals surface area contributed by atoms with Gasteiger partial charge in [-0.3, -0.25) is 9.20 Å². The lowest BCUT2D eigenvalue weighted by atomic mass is 9.74. The highest BCUT2D eigenvalue weighted by molar-refractivity contribution is 5.91. The van der Waals surface area contributed by atoms with Crippen molar-refractivity contribution in [1.29, 1.82) is 0 Å². The maximum absolute atomic E-state index is 11.5. The molecule has 7 heteroatoms. The Morgan fingerprint density at radius 3 is 2.55 bits per heavy atom. The number of amides is 1. The number of fused-ring (bicyclic) bond motifs is 2. The van der Waals surface area contributed by atoms with Gasteiger partial charge in [-0.2, -0.15) is 0 Å². The Labute approximate surface area is 190 Å². The highest BCUT2D eigenvalue weighted by Gasteiger charge is 2.37. The minimum Gasteiger partial charge on any atom is -0.382 e. The topological polar surface area (TPSA) is 112 Å². The fourth-order valence-electron chi connectivity index (χ4n) is 4.67. The SMILES string of the molecule is NC(=O)C1CC(c2nc(-c3ccc4ccc(-c5ccccc5)nc4c3)c3c(N)nccn23)C1. The first kappa shape index (κ1) is 19.4. The van der Waals surface area contributed by atoms with Gasteiger partial charge in [-0.25, -0.2) is 15.0 Å². The van der Waals surface area contributed by atoms with E-state index in [-0.39, 0.29) is 17.7 Å². The number of pyridine rings is 1. The second kappa shape index (κ2) is 7.41. The van der Waals surface area contributed by atoms with Gasteiger partial charge in [0.25, 0.3) is 0 Å². The molecule has 7 nitrogen and oxygen atoms in total. The van der Waals surface area contributed by atoms with Crippen molar-refractivity contribution in [1.82, 2.24) is 19.4 Å². The molecule has 1 saturated carbocycles. The summed E-state index contributed by atoms with van der Waals surface area (Å²) in [6, 6.07) is 20.4. The number of rotatable bonds is 4. The van der Waals surface area contributed by atoms with E-state index < -0.39 is 0 Å². The molecule has 0 aliphatic heterocycles. The summed E-state index contributed by atoms with van der Waals surface area (Å²) < 4.78 is 2.00. The molecule has 3 aromatic heterocycles. The Bertz CT molecular complexity index is 1520. The molecule has 1 fully saturated rings. The number of nitrogens with two attached hydrogens (primary N) is 2. The maximum atomic E-state index is 11.5. The lowest BCUT2D eigenvalue weighted by Gasteiger charge is -2.31. The van der Waals surface area contributed by atoms with Gasteiger partial charge in [-0.15, -0.1) is 0 Å². The van der Waals surface area contributed by atoms with Gasteiger partial charge < -0.3 is 11.5 Å². The second-order valence-electron chi connectivity index (χ2n) is 8.59. The lowest BCUT2D eigenvalue weighted by molar-refractivity contribution is -0.124. The van der Waals surface area contributed by atoms with Crippen LogP contribution in [0.25, 0.3) is 38.9 Å². The van der Waals surface area contributed by atoms with E-state index in [1.165, 1.54) is 0 Å². The Hall–Kier alpha value is -4.26. The smallest absolute Gasteiger partial charge is 0.220 e. The van der Waals surface area contributed by atoms with E-state index in [2.05, 4.69) is 29.2 Å². The zero-order valence-electron chi connectivity index (χ0n) is 17.8. The van der Waals surface area contributed by atoms with Crippen LogP contribution in [0.5, 0.6) is 0 Å². The molecule has 33 heavy (non-hydrogen) atoms. The van der Waals surface area contributed by atoms with Gasteiger partial charge in [0.05, 0.1) is 11.2 Å². The van der Waals surface area contributed by atoms with E-state index >= 15 is 0 Å². The van der Waals surface area contributed by atoms with Crippen LogP contribution in [-0.4, -0.2) is 25.3 Å². The van der Waals surface area contributed by atoms with Gasteiger partial charge >= 0.3 is 0 Å². The van der Waals surface area contributed by atoms with Gasteiger partial charge in [0.2, 0.25) is 5.91 Å². The standard InChI is InChI=1S/C26H22N6O/c27-24-23-22(31-26(32(23)11-10-29-24)19-12-18(13-19)25(28)33)17-7-6-16-8-9-20(30-21(16)14-17)15-4-2-1-3-5-15/h1-11,14,18-19H,12-13H2,(H2,27,29)(H2,28,33). The monoisotopic (exact) mass is 434 g/mol. The number of carbonyl (C=O) groups is 1. The number of carbonyl (C=O) groups excluding carboxylic acids is 1. The number of nitrogens with zero attached hydrogens (tertiary/aromatic N) is 4. The van der Waals surface area contributed by atoms with Crippen LogP contribution in [0.15, 0.2) is 73.1 Å². The van der Waals surface area contributed by atoms with Gasteiger partial charge in [0, 0.05) is 40.7 Å². The van der Waals surface area contributed by atoms with Crippen molar-refractivity contribution < 1.29 is 4.79 Å². The molecule has 162 valence electrons. The number of anilines is 1.